The van der Waals surface area contributed by atoms with Crippen molar-refractivity contribution in [1.82, 2.24) is 10.2 Å². The van der Waals surface area contributed by atoms with Gasteiger partial charge >= 0.3 is 0 Å². The van der Waals surface area contributed by atoms with Crippen LogP contribution >= 0.6 is 23.2 Å². The molecule has 0 fully saturated rings. The number of methoxy groups -OCH3 is 1. The number of nitrogens with one attached hydrogen (secondary N) is 1. The lowest BCUT2D eigenvalue weighted by Crippen LogP contribution is -2.56. The predicted molar refractivity (Wildman–Crippen MR) is 164 cm³/mol. The molecule has 0 saturated heterocycles. The first-order chi connectivity index (χ1) is 19.2. The Morgan fingerprint density at radius 2 is 1.54 bits per heavy atom. The molecule has 0 aromatic heterocycles. The Balaban J connectivity index is 2.11. The number of hydrogen-bond donors (Lipinski definition) is 1. The third kappa shape index (κ3) is 9.66. The number of rotatable bonds is 11. The normalized spacial score (nSPS) is 12.4. The van der Waals surface area contributed by atoms with E-state index in [2.05, 4.69) is 5.32 Å². The van der Waals surface area contributed by atoms with Crippen molar-refractivity contribution in [3.8, 4) is 5.75 Å². The van der Waals surface area contributed by atoms with Crippen LogP contribution in [0.2, 0.25) is 10.0 Å². The van der Waals surface area contributed by atoms with E-state index in [1.165, 1.54) is 30.2 Å². The second kappa shape index (κ2) is 13.6. The van der Waals surface area contributed by atoms with Gasteiger partial charge in [-0.3, -0.25) is 13.9 Å². The molecule has 1 atom stereocenters. The van der Waals surface area contributed by atoms with Crippen LogP contribution in [-0.4, -0.2) is 56.6 Å². The molecule has 0 saturated carbocycles. The number of halogens is 2. The number of nitrogens with zero attached hydrogens (tertiary/aromatic N) is 2. The van der Waals surface area contributed by atoms with Crippen molar-refractivity contribution in [2.45, 2.75) is 45.3 Å². The van der Waals surface area contributed by atoms with E-state index >= 15 is 0 Å². The Kier molecular flexibility index (Phi) is 10.7. The minimum Gasteiger partial charge on any atom is -0.497 e. The molecule has 0 heterocycles. The van der Waals surface area contributed by atoms with Crippen LogP contribution in [0.25, 0.3) is 0 Å². The molecular formula is C30H35Cl2N3O5S. The van der Waals surface area contributed by atoms with Gasteiger partial charge in [-0.15, -0.1) is 0 Å². The van der Waals surface area contributed by atoms with Gasteiger partial charge in [-0.1, -0.05) is 65.7 Å². The van der Waals surface area contributed by atoms with Crippen LogP contribution in [0.1, 0.15) is 31.9 Å². The van der Waals surface area contributed by atoms with Crippen molar-refractivity contribution in [2.24, 2.45) is 0 Å². The van der Waals surface area contributed by atoms with Gasteiger partial charge in [-0.2, -0.15) is 0 Å². The molecule has 0 radical (unpaired) electrons. The molecule has 0 aliphatic rings. The van der Waals surface area contributed by atoms with Crippen LogP contribution in [0.5, 0.6) is 5.75 Å². The Labute approximate surface area is 252 Å². The average molecular weight is 621 g/mol. The van der Waals surface area contributed by atoms with Gasteiger partial charge in [0.2, 0.25) is 21.8 Å². The van der Waals surface area contributed by atoms with E-state index in [4.69, 9.17) is 27.9 Å². The van der Waals surface area contributed by atoms with Crippen molar-refractivity contribution in [2.75, 3.05) is 24.2 Å². The summed E-state index contributed by atoms with van der Waals surface area (Å²) < 4.78 is 32.1. The minimum absolute atomic E-state index is 0.0268. The van der Waals surface area contributed by atoms with Crippen molar-refractivity contribution in [1.29, 1.82) is 0 Å². The average Bonchev–Trinajstić information content (AvgIpc) is 2.87. The van der Waals surface area contributed by atoms with Gasteiger partial charge in [0.1, 0.15) is 18.3 Å². The SMILES string of the molecule is COc1cccc(CN(C(=O)CN(c2cc(Cl)cc(Cl)c2)S(C)(=O)=O)[C@@H](Cc2ccccc2)C(=O)NC(C)(C)C)c1. The number of carbonyl (C=O) groups excluding carboxylic acids is 2. The van der Waals surface area contributed by atoms with Crippen molar-refractivity contribution >= 4 is 50.7 Å². The van der Waals surface area contributed by atoms with Gasteiger partial charge in [0.25, 0.3) is 0 Å². The number of sulfonamides is 1. The topological polar surface area (TPSA) is 96.0 Å². The van der Waals surface area contributed by atoms with Crippen molar-refractivity contribution in [3.05, 3.63) is 94.0 Å². The number of amides is 2. The largest absolute Gasteiger partial charge is 0.497 e. The molecule has 0 spiro atoms. The van der Waals surface area contributed by atoms with Gasteiger partial charge in [0.15, 0.2) is 0 Å². The van der Waals surface area contributed by atoms with Crippen LogP contribution in [0.15, 0.2) is 72.8 Å². The highest BCUT2D eigenvalue weighted by molar-refractivity contribution is 7.92. The Bertz CT molecular complexity index is 1460. The van der Waals surface area contributed by atoms with Crippen molar-refractivity contribution < 1.29 is 22.7 Å². The lowest BCUT2D eigenvalue weighted by atomic mass is 10.0. The third-order valence-corrected chi connectivity index (χ3v) is 7.65. The first-order valence-corrected chi connectivity index (χ1v) is 15.5. The Morgan fingerprint density at radius 1 is 0.927 bits per heavy atom. The second-order valence-electron chi connectivity index (χ2n) is 10.7. The summed E-state index contributed by atoms with van der Waals surface area (Å²) in [6.45, 7) is 5.01. The molecule has 11 heteroatoms. The molecule has 0 aliphatic carbocycles. The number of benzene rings is 3. The van der Waals surface area contributed by atoms with E-state index in [-0.39, 0.29) is 34.6 Å². The summed E-state index contributed by atoms with van der Waals surface area (Å²) in [7, 11) is -2.41. The highest BCUT2D eigenvalue weighted by Crippen LogP contribution is 2.28. The van der Waals surface area contributed by atoms with E-state index in [0.29, 0.717) is 11.3 Å². The third-order valence-electron chi connectivity index (χ3n) is 6.07. The molecule has 0 aliphatic heterocycles. The summed E-state index contributed by atoms with van der Waals surface area (Å²) in [4.78, 5) is 29.3. The molecular weight excluding hydrogens is 585 g/mol. The number of carbonyl (C=O) groups is 2. The number of ether oxygens (including phenoxy) is 1. The second-order valence-corrected chi connectivity index (χ2v) is 13.5. The van der Waals surface area contributed by atoms with Gasteiger partial charge in [0.05, 0.1) is 19.1 Å². The number of hydrogen-bond acceptors (Lipinski definition) is 5. The lowest BCUT2D eigenvalue weighted by Gasteiger charge is -2.35. The lowest BCUT2D eigenvalue weighted by molar-refractivity contribution is -0.140. The maximum absolute atomic E-state index is 14.1. The molecule has 220 valence electrons. The van der Waals surface area contributed by atoms with Crippen LogP contribution in [0.4, 0.5) is 5.69 Å². The summed E-state index contributed by atoms with van der Waals surface area (Å²) in [6.07, 6.45) is 1.20. The van der Waals surface area contributed by atoms with Gasteiger partial charge < -0.3 is 15.0 Å². The highest BCUT2D eigenvalue weighted by Gasteiger charge is 2.34. The minimum atomic E-state index is -3.95. The van der Waals surface area contributed by atoms with Gasteiger partial charge in [-0.25, -0.2) is 8.42 Å². The molecule has 41 heavy (non-hydrogen) atoms. The maximum atomic E-state index is 14.1. The molecule has 8 nitrogen and oxygen atoms in total. The van der Waals surface area contributed by atoms with Crippen LogP contribution in [0, 0.1) is 0 Å². The molecule has 3 aromatic carbocycles. The molecule has 0 unspecified atom stereocenters. The molecule has 3 rings (SSSR count). The summed E-state index contributed by atoms with van der Waals surface area (Å²) in [5.41, 5.74) is 1.11. The van der Waals surface area contributed by atoms with Crippen molar-refractivity contribution in [3.63, 3.8) is 0 Å². The molecule has 3 aromatic rings. The first-order valence-electron chi connectivity index (χ1n) is 12.9. The molecule has 1 N–H and O–H groups in total. The van der Waals surface area contributed by atoms with Crippen LogP contribution in [-0.2, 0) is 32.6 Å². The zero-order chi connectivity index (χ0) is 30.4. The summed E-state index contributed by atoms with van der Waals surface area (Å²) in [5, 5.41) is 3.42. The van der Waals surface area contributed by atoms with Gasteiger partial charge in [-0.05, 0) is 62.2 Å². The fraction of sp³-hybridized carbons (Fsp3) is 0.333. The molecule has 0 bridgehead atoms. The van der Waals surface area contributed by atoms with E-state index in [1.54, 1.807) is 18.2 Å². The van der Waals surface area contributed by atoms with Crippen LogP contribution < -0.4 is 14.4 Å². The highest BCUT2D eigenvalue weighted by atomic mass is 35.5. The van der Waals surface area contributed by atoms with Crippen LogP contribution in [0.3, 0.4) is 0 Å². The predicted octanol–water partition coefficient (Wildman–Crippen LogP) is 5.32. The fourth-order valence-corrected chi connectivity index (χ4v) is 5.62. The fourth-order valence-electron chi connectivity index (χ4n) is 4.27. The quantitative estimate of drug-likeness (QED) is 0.313. The zero-order valence-electron chi connectivity index (χ0n) is 23.7. The standard InChI is InChI=1S/C30H35Cl2N3O5S/c1-30(2,3)33-29(37)27(15-21-10-7-6-8-11-21)34(19-22-12-9-13-26(14-22)40-4)28(36)20-35(41(5,38)39)25-17-23(31)16-24(32)18-25/h6-14,16-18,27H,15,19-20H2,1-5H3,(H,33,37)/t27-/m0/s1. The van der Waals surface area contributed by atoms with E-state index in [0.717, 1.165) is 16.1 Å². The molecule has 2 amide bonds. The van der Waals surface area contributed by atoms with Gasteiger partial charge in [0, 0.05) is 28.5 Å². The van der Waals surface area contributed by atoms with E-state index in [1.807, 2.05) is 57.2 Å². The monoisotopic (exact) mass is 619 g/mol. The summed E-state index contributed by atoms with van der Waals surface area (Å²) in [6, 6.07) is 19.8. The zero-order valence-corrected chi connectivity index (χ0v) is 26.1. The maximum Gasteiger partial charge on any atom is 0.244 e. The first kappa shape index (κ1) is 32.2. The smallest absolute Gasteiger partial charge is 0.244 e. The Morgan fingerprint density at radius 3 is 2.10 bits per heavy atom. The summed E-state index contributed by atoms with van der Waals surface area (Å²) >= 11 is 12.3. The van der Waals surface area contributed by atoms with E-state index < -0.39 is 34.1 Å². The summed E-state index contributed by atoms with van der Waals surface area (Å²) in [5.74, 6) is -0.367. The number of anilines is 1. The van der Waals surface area contributed by atoms with E-state index in [9.17, 15) is 18.0 Å². The Hall–Kier alpha value is -3.27.